The van der Waals surface area contributed by atoms with Crippen LogP contribution < -0.4 is 29.6 Å². The molecule has 2 aromatic carbocycles. The van der Waals surface area contributed by atoms with E-state index >= 15 is 0 Å². The third-order valence-electron chi connectivity index (χ3n) is 1.90. The second-order valence-corrected chi connectivity index (χ2v) is 2.85. The second-order valence-electron chi connectivity index (χ2n) is 2.85. The van der Waals surface area contributed by atoms with Gasteiger partial charge in [-0.15, -0.1) is 0 Å². The van der Waals surface area contributed by atoms with Crippen LogP contribution >= 0.6 is 0 Å². The standard InChI is InChI=1S/C11H10.Na.H/c1-9-6-7-10-4-2-3-5-11(10)8-9;;/h2-8H,1H3;;/q;+1;-1. The summed E-state index contributed by atoms with van der Waals surface area (Å²) >= 11 is 0. The molecule has 0 atom stereocenters. The van der Waals surface area contributed by atoms with Crippen molar-refractivity contribution in [3.8, 4) is 0 Å². The van der Waals surface area contributed by atoms with Gasteiger partial charge in [-0.1, -0.05) is 48.0 Å². The summed E-state index contributed by atoms with van der Waals surface area (Å²) in [6.45, 7) is 2.12. The minimum Gasteiger partial charge on any atom is -1.00 e. The quantitative estimate of drug-likeness (QED) is 0.493. The molecule has 0 spiro atoms. The maximum atomic E-state index is 2.20. The van der Waals surface area contributed by atoms with Gasteiger partial charge in [0.05, 0.1) is 0 Å². The van der Waals surface area contributed by atoms with Gasteiger partial charge < -0.3 is 1.43 Å². The number of benzene rings is 2. The maximum absolute atomic E-state index is 2.20. The Morgan fingerprint density at radius 3 is 2.33 bits per heavy atom. The predicted octanol–water partition coefficient (Wildman–Crippen LogP) is 0.265. The summed E-state index contributed by atoms with van der Waals surface area (Å²) in [6, 6.07) is 14.9. The molecule has 0 fully saturated rings. The summed E-state index contributed by atoms with van der Waals surface area (Å²) in [5.74, 6) is 0. The third kappa shape index (κ3) is 1.89. The Kier molecular flexibility index (Phi) is 3.33. The summed E-state index contributed by atoms with van der Waals surface area (Å²) in [5, 5.41) is 2.64. The fraction of sp³-hybridized carbons (Fsp3) is 0.0909. The first-order valence-corrected chi connectivity index (χ1v) is 3.82. The molecule has 0 saturated carbocycles. The minimum absolute atomic E-state index is 0. The van der Waals surface area contributed by atoms with Crippen molar-refractivity contribution in [1.82, 2.24) is 0 Å². The molecule has 1 heteroatoms. The predicted molar refractivity (Wildman–Crippen MR) is 49.8 cm³/mol. The molecule has 12 heavy (non-hydrogen) atoms. The number of aryl methyl sites for hydroxylation is 1. The molecule has 0 nitrogen and oxygen atoms in total. The van der Waals surface area contributed by atoms with E-state index in [1.54, 1.807) is 0 Å². The Morgan fingerprint density at radius 2 is 1.58 bits per heavy atom. The smallest absolute Gasteiger partial charge is 1.00 e. The van der Waals surface area contributed by atoms with Gasteiger partial charge in [0, 0.05) is 0 Å². The minimum atomic E-state index is 0. The van der Waals surface area contributed by atoms with Crippen molar-refractivity contribution in [3.63, 3.8) is 0 Å². The Morgan fingerprint density at radius 1 is 0.917 bits per heavy atom. The number of hydrogen-bond acceptors (Lipinski definition) is 0. The van der Waals surface area contributed by atoms with E-state index in [4.69, 9.17) is 0 Å². The van der Waals surface area contributed by atoms with Crippen LogP contribution in [0.2, 0.25) is 0 Å². The topological polar surface area (TPSA) is 0 Å². The van der Waals surface area contributed by atoms with Crippen LogP contribution in [0, 0.1) is 6.92 Å². The van der Waals surface area contributed by atoms with Crippen molar-refractivity contribution in [2.24, 2.45) is 0 Å². The Balaban J connectivity index is 0.000000720. The van der Waals surface area contributed by atoms with Gasteiger partial charge in [-0.2, -0.15) is 0 Å². The molecular weight excluding hydrogens is 155 g/mol. The summed E-state index contributed by atoms with van der Waals surface area (Å²) in [6.07, 6.45) is 0. The van der Waals surface area contributed by atoms with Crippen LogP contribution in [0.3, 0.4) is 0 Å². The zero-order valence-electron chi connectivity index (χ0n) is 8.54. The normalized spacial score (nSPS) is 9.42. The van der Waals surface area contributed by atoms with Gasteiger partial charge in [-0.3, -0.25) is 0 Å². The van der Waals surface area contributed by atoms with Crippen LogP contribution in [-0.4, -0.2) is 0 Å². The van der Waals surface area contributed by atoms with Gasteiger partial charge in [-0.05, 0) is 17.7 Å². The monoisotopic (exact) mass is 166 g/mol. The summed E-state index contributed by atoms with van der Waals surface area (Å²) in [5.41, 5.74) is 1.32. The van der Waals surface area contributed by atoms with Crippen molar-refractivity contribution < 1.29 is 31.0 Å². The Hall–Kier alpha value is -0.300. The van der Waals surface area contributed by atoms with E-state index in [-0.39, 0.29) is 31.0 Å². The average Bonchev–Trinajstić information content (AvgIpc) is 2.04. The first-order valence-electron chi connectivity index (χ1n) is 3.82. The van der Waals surface area contributed by atoms with E-state index in [1.165, 1.54) is 16.3 Å². The number of fused-ring (bicyclic) bond motifs is 1. The average molecular weight is 166 g/mol. The summed E-state index contributed by atoms with van der Waals surface area (Å²) < 4.78 is 0. The molecule has 0 aromatic heterocycles. The number of hydrogen-bond donors (Lipinski definition) is 0. The zero-order chi connectivity index (χ0) is 7.68. The first kappa shape index (κ1) is 9.79. The van der Waals surface area contributed by atoms with E-state index < -0.39 is 0 Å². The van der Waals surface area contributed by atoms with Crippen molar-refractivity contribution in [1.29, 1.82) is 0 Å². The van der Waals surface area contributed by atoms with Crippen molar-refractivity contribution in [2.45, 2.75) is 6.92 Å². The fourth-order valence-corrected chi connectivity index (χ4v) is 1.31. The van der Waals surface area contributed by atoms with Crippen LogP contribution in [0.4, 0.5) is 0 Å². The van der Waals surface area contributed by atoms with Gasteiger partial charge in [0.15, 0.2) is 0 Å². The maximum Gasteiger partial charge on any atom is 1.00 e. The van der Waals surface area contributed by atoms with Crippen molar-refractivity contribution in [2.75, 3.05) is 0 Å². The molecule has 56 valence electrons. The molecular formula is C11H11Na. The molecule has 0 amide bonds. The summed E-state index contributed by atoms with van der Waals surface area (Å²) in [7, 11) is 0. The van der Waals surface area contributed by atoms with Gasteiger partial charge in [0.25, 0.3) is 0 Å². The molecule has 0 aliphatic heterocycles. The van der Waals surface area contributed by atoms with Gasteiger partial charge in [0.1, 0.15) is 0 Å². The van der Waals surface area contributed by atoms with Crippen molar-refractivity contribution >= 4 is 10.8 Å². The number of rotatable bonds is 0. The molecule has 0 N–H and O–H groups in total. The van der Waals surface area contributed by atoms with Gasteiger partial charge in [0.2, 0.25) is 0 Å². The first-order chi connectivity index (χ1) is 5.36. The molecule has 2 aromatic rings. The summed E-state index contributed by atoms with van der Waals surface area (Å²) in [4.78, 5) is 0. The van der Waals surface area contributed by atoms with E-state index in [0.29, 0.717) is 0 Å². The van der Waals surface area contributed by atoms with Crippen LogP contribution in [-0.2, 0) is 0 Å². The molecule has 2 rings (SSSR count). The van der Waals surface area contributed by atoms with Crippen LogP contribution in [0.5, 0.6) is 0 Å². The molecule has 0 saturated heterocycles. The second kappa shape index (κ2) is 4.08. The van der Waals surface area contributed by atoms with Crippen LogP contribution in [0.1, 0.15) is 6.99 Å². The molecule has 0 unspecified atom stereocenters. The molecule has 0 radical (unpaired) electrons. The Bertz CT molecular complexity index is 385. The third-order valence-corrected chi connectivity index (χ3v) is 1.90. The fourth-order valence-electron chi connectivity index (χ4n) is 1.31. The molecule has 0 heterocycles. The largest absolute Gasteiger partial charge is 1.00 e. The van der Waals surface area contributed by atoms with Crippen molar-refractivity contribution in [3.05, 3.63) is 48.0 Å². The zero-order valence-corrected chi connectivity index (χ0v) is 9.54. The van der Waals surface area contributed by atoms with E-state index in [2.05, 4.69) is 49.4 Å². The molecule has 0 bridgehead atoms. The van der Waals surface area contributed by atoms with Gasteiger partial charge >= 0.3 is 29.6 Å². The van der Waals surface area contributed by atoms with Gasteiger partial charge in [-0.25, -0.2) is 0 Å². The SMILES string of the molecule is Cc1ccc2ccccc2c1.[H-].[Na+]. The Labute approximate surface area is 96.4 Å². The molecule has 0 aliphatic rings. The van der Waals surface area contributed by atoms with E-state index in [1.807, 2.05) is 0 Å². The molecule has 0 aliphatic carbocycles. The van der Waals surface area contributed by atoms with Crippen LogP contribution in [0.15, 0.2) is 42.5 Å². The van der Waals surface area contributed by atoms with E-state index in [0.717, 1.165) is 0 Å². The van der Waals surface area contributed by atoms with Crippen LogP contribution in [0.25, 0.3) is 10.8 Å². The van der Waals surface area contributed by atoms with E-state index in [9.17, 15) is 0 Å².